The van der Waals surface area contributed by atoms with Crippen molar-refractivity contribution >= 4 is 17.2 Å². The summed E-state index contributed by atoms with van der Waals surface area (Å²) in [5, 5.41) is 0. The van der Waals surface area contributed by atoms with E-state index in [1.54, 1.807) is 0 Å². The Labute approximate surface area is 110 Å². The van der Waals surface area contributed by atoms with Crippen molar-refractivity contribution in [3.63, 3.8) is 0 Å². The molecule has 0 amide bonds. The maximum atomic E-state index is 5.72. The number of nitrogens with zero attached hydrogens (tertiary/aromatic N) is 2. The van der Waals surface area contributed by atoms with E-state index in [1.807, 2.05) is 0 Å². The van der Waals surface area contributed by atoms with E-state index in [-0.39, 0.29) is 0 Å². The molecule has 0 aromatic rings. The van der Waals surface area contributed by atoms with Crippen molar-refractivity contribution in [2.24, 2.45) is 11.7 Å². The minimum Gasteiger partial charge on any atom is -0.393 e. The molecule has 2 fully saturated rings. The second-order valence-electron chi connectivity index (χ2n) is 5.75. The average Bonchev–Trinajstić information content (AvgIpc) is 2.29. The lowest BCUT2D eigenvalue weighted by Crippen LogP contribution is -2.59. The van der Waals surface area contributed by atoms with Crippen LogP contribution in [0.4, 0.5) is 0 Å². The van der Waals surface area contributed by atoms with Crippen LogP contribution in [0.5, 0.6) is 0 Å². The quantitative estimate of drug-likeness (QED) is 0.774. The Kier molecular flexibility index (Phi) is 4.39. The van der Waals surface area contributed by atoms with Gasteiger partial charge in [-0.15, -0.1) is 0 Å². The predicted octanol–water partition coefficient (Wildman–Crippen LogP) is 1.47. The van der Waals surface area contributed by atoms with Crippen LogP contribution >= 0.6 is 12.2 Å². The summed E-state index contributed by atoms with van der Waals surface area (Å²) in [6.07, 6.45) is 4.14. The number of piperazine rings is 1. The molecule has 17 heavy (non-hydrogen) atoms. The van der Waals surface area contributed by atoms with Crippen molar-refractivity contribution in [2.75, 3.05) is 26.2 Å². The number of hydrogen-bond donors (Lipinski definition) is 1. The van der Waals surface area contributed by atoms with Crippen molar-refractivity contribution in [1.82, 2.24) is 9.80 Å². The lowest BCUT2D eigenvalue weighted by molar-refractivity contribution is 0.0125. The molecule has 0 aromatic heterocycles. The summed E-state index contributed by atoms with van der Waals surface area (Å²) in [6, 6.07) is 1.42. The Morgan fingerprint density at radius 3 is 2.88 bits per heavy atom. The summed E-state index contributed by atoms with van der Waals surface area (Å²) in [4.78, 5) is 5.91. The first-order chi connectivity index (χ1) is 8.08. The molecule has 2 heterocycles. The number of rotatable bonds is 3. The van der Waals surface area contributed by atoms with Gasteiger partial charge >= 0.3 is 0 Å². The standard InChI is InChI=1S/C13H25N3S/c1-10(13(14)17)7-16-9-12-5-3-4-6-15(12)8-11(16)2/h10-12H,3-9H2,1-2H3,(H2,14,17). The van der Waals surface area contributed by atoms with E-state index < -0.39 is 0 Å². The zero-order chi connectivity index (χ0) is 12.4. The highest BCUT2D eigenvalue weighted by Gasteiger charge is 2.33. The molecule has 0 aromatic carbocycles. The third-order valence-corrected chi connectivity index (χ3v) is 4.71. The molecule has 2 N–H and O–H groups in total. The Balaban J connectivity index is 1.92. The van der Waals surface area contributed by atoms with Crippen LogP contribution in [-0.4, -0.2) is 53.1 Å². The van der Waals surface area contributed by atoms with E-state index in [4.69, 9.17) is 18.0 Å². The zero-order valence-electron chi connectivity index (χ0n) is 11.1. The highest BCUT2D eigenvalue weighted by atomic mass is 32.1. The van der Waals surface area contributed by atoms with E-state index in [1.165, 1.54) is 38.9 Å². The Bertz CT molecular complexity index is 282. The molecule has 0 aliphatic carbocycles. The van der Waals surface area contributed by atoms with Crippen LogP contribution in [0, 0.1) is 5.92 Å². The first-order valence-electron chi connectivity index (χ1n) is 6.85. The smallest absolute Gasteiger partial charge is 0.0768 e. The normalized spacial score (nSPS) is 33.1. The van der Waals surface area contributed by atoms with E-state index >= 15 is 0 Å². The SMILES string of the molecule is CC(CN1CC2CCCCN2CC1C)C(N)=S. The summed E-state index contributed by atoms with van der Waals surface area (Å²) in [5.41, 5.74) is 5.72. The molecule has 0 radical (unpaired) electrons. The van der Waals surface area contributed by atoms with Gasteiger partial charge in [-0.1, -0.05) is 25.6 Å². The molecule has 3 nitrogen and oxygen atoms in total. The maximum absolute atomic E-state index is 5.72. The average molecular weight is 255 g/mol. The van der Waals surface area contributed by atoms with Crippen molar-refractivity contribution in [3.05, 3.63) is 0 Å². The molecule has 3 atom stereocenters. The van der Waals surface area contributed by atoms with E-state index in [0.717, 1.165) is 12.6 Å². The minimum absolute atomic E-state index is 0.336. The van der Waals surface area contributed by atoms with Crippen molar-refractivity contribution < 1.29 is 0 Å². The fourth-order valence-electron chi connectivity index (χ4n) is 3.11. The van der Waals surface area contributed by atoms with Crippen LogP contribution < -0.4 is 5.73 Å². The number of piperidine rings is 1. The van der Waals surface area contributed by atoms with Crippen LogP contribution in [0.15, 0.2) is 0 Å². The first kappa shape index (κ1) is 13.2. The fourth-order valence-corrected chi connectivity index (χ4v) is 3.18. The topological polar surface area (TPSA) is 32.5 Å². The summed E-state index contributed by atoms with van der Waals surface area (Å²) < 4.78 is 0. The van der Waals surface area contributed by atoms with Gasteiger partial charge in [0.1, 0.15) is 0 Å². The molecular formula is C13H25N3S. The second kappa shape index (κ2) is 5.63. The maximum Gasteiger partial charge on any atom is 0.0768 e. The fraction of sp³-hybridized carbons (Fsp3) is 0.923. The first-order valence-corrected chi connectivity index (χ1v) is 7.26. The Morgan fingerprint density at radius 2 is 2.18 bits per heavy atom. The molecular weight excluding hydrogens is 230 g/mol. The van der Waals surface area contributed by atoms with Crippen molar-refractivity contribution in [3.8, 4) is 0 Å². The van der Waals surface area contributed by atoms with Gasteiger partial charge in [-0.25, -0.2) is 0 Å². The number of nitrogens with two attached hydrogens (primary N) is 1. The van der Waals surface area contributed by atoms with Gasteiger partial charge in [0, 0.05) is 37.6 Å². The monoisotopic (exact) mass is 255 g/mol. The molecule has 98 valence electrons. The van der Waals surface area contributed by atoms with E-state index in [2.05, 4.69) is 23.6 Å². The third kappa shape index (κ3) is 3.18. The van der Waals surface area contributed by atoms with E-state index in [9.17, 15) is 0 Å². The van der Waals surface area contributed by atoms with Gasteiger partial charge in [0.05, 0.1) is 4.99 Å². The molecule has 2 aliphatic heterocycles. The lowest BCUT2D eigenvalue weighted by atomic mass is 9.96. The second-order valence-corrected chi connectivity index (χ2v) is 6.22. The minimum atomic E-state index is 0.336. The van der Waals surface area contributed by atoms with Gasteiger partial charge in [-0.3, -0.25) is 9.80 Å². The highest BCUT2D eigenvalue weighted by molar-refractivity contribution is 7.80. The summed E-state index contributed by atoms with van der Waals surface area (Å²) in [7, 11) is 0. The van der Waals surface area contributed by atoms with Gasteiger partial charge in [-0.05, 0) is 26.3 Å². The molecule has 0 spiro atoms. The van der Waals surface area contributed by atoms with Crippen LogP contribution in [0.1, 0.15) is 33.1 Å². The van der Waals surface area contributed by atoms with Crippen LogP contribution in [-0.2, 0) is 0 Å². The van der Waals surface area contributed by atoms with Crippen molar-refractivity contribution in [2.45, 2.75) is 45.2 Å². The van der Waals surface area contributed by atoms with Crippen molar-refractivity contribution in [1.29, 1.82) is 0 Å². The van der Waals surface area contributed by atoms with Crippen LogP contribution in [0.3, 0.4) is 0 Å². The van der Waals surface area contributed by atoms with Gasteiger partial charge < -0.3 is 5.73 Å². The van der Waals surface area contributed by atoms with Crippen LogP contribution in [0.25, 0.3) is 0 Å². The summed E-state index contributed by atoms with van der Waals surface area (Å²) in [5.74, 6) is 0.336. The molecule has 4 heteroatoms. The molecule has 2 saturated heterocycles. The highest BCUT2D eigenvalue weighted by Crippen LogP contribution is 2.24. The third-order valence-electron chi connectivity index (χ3n) is 4.31. The predicted molar refractivity (Wildman–Crippen MR) is 76.2 cm³/mol. The number of fused-ring (bicyclic) bond motifs is 1. The number of hydrogen-bond acceptors (Lipinski definition) is 3. The van der Waals surface area contributed by atoms with Gasteiger partial charge in [0.15, 0.2) is 0 Å². The molecule has 0 saturated carbocycles. The van der Waals surface area contributed by atoms with Crippen LogP contribution in [0.2, 0.25) is 0 Å². The molecule has 3 unspecified atom stereocenters. The molecule has 2 aliphatic rings. The summed E-state index contributed by atoms with van der Waals surface area (Å²) in [6.45, 7) is 9.22. The van der Waals surface area contributed by atoms with Gasteiger partial charge in [-0.2, -0.15) is 0 Å². The van der Waals surface area contributed by atoms with Gasteiger partial charge in [0.25, 0.3) is 0 Å². The number of thiocarbonyl (C=S) groups is 1. The summed E-state index contributed by atoms with van der Waals surface area (Å²) >= 11 is 5.08. The largest absolute Gasteiger partial charge is 0.393 e. The lowest BCUT2D eigenvalue weighted by Gasteiger charge is -2.48. The Hall–Kier alpha value is -0.190. The van der Waals surface area contributed by atoms with E-state index in [0.29, 0.717) is 16.9 Å². The Morgan fingerprint density at radius 1 is 1.41 bits per heavy atom. The molecule has 2 rings (SSSR count). The van der Waals surface area contributed by atoms with Gasteiger partial charge in [0.2, 0.25) is 0 Å². The zero-order valence-corrected chi connectivity index (χ0v) is 11.9. The molecule has 0 bridgehead atoms.